The number of methoxy groups -OCH3 is 1. The SMILES string of the molecule is CCCOC(=O)C(OC)(c1ccccc1)c1ccc(Cl)cc1. The molecule has 0 saturated carbocycles. The van der Waals surface area contributed by atoms with Gasteiger partial charge >= 0.3 is 5.97 Å². The van der Waals surface area contributed by atoms with Crippen molar-refractivity contribution >= 4 is 17.6 Å². The molecule has 4 heteroatoms. The minimum absolute atomic E-state index is 0.352. The Morgan fingerprint density at radius 3 is 2.18 bits per heavy atom. The number of halogens is 1. The number of hydrogen-bond donors (Lipinski definition) is 0. The van der Waals surface area contributed by atoms with Crippen LogP contribution in [0.1, 0.15) is 24.5 Å². The Hall–Kier alpha value is -1.84. The molecule has 0 saturated heterocycles. The molecule has 1 atom stereocenters. The number of rotatable bonds is 6. The molecule has 0 bridgehead atoms. The Morgan fingerprint density at radius 1 is 1.05 bits per heavy atom. The fraction of sp³-hybridized carbons (Fsp3) is 0.278. The molecule has 3 nitrogen and oxygen atoms in total. The minimum atomic E-state index is -1.29. The molecule has 0 aliphatic heterocycles. The molecule has 2 aromatic carbocycles. The summed E-state index contributed by atoms with van der Waals surface area (Å²) in [6, 6.07) is 16.4. The van der Waals surface area contributed by atoms with Gasteiger partial charge in [0.1, 0.15) is 0 Å². The van der Waals surface area contributed by atoms with Crippen molar-refractivity contribution in [2.45, 2.75) is 18.9 Å². The predicted molar refractivity (Wildman–Crippen MR) is 86.9 cm³/mol. The van der Waals surface area contributed by atoms with E-state index in [1.807, 2.05) is 37.3 Å². The van der Waals surface area contributed by atoms with Gasteiger partial charge < -0.3 is 9.47 Å². The summed E-state index contributed by atoms with van der Waals surface area (Å²) in [7, 11) is 1.51. The van der Waals surface area contributed by atoms with Gasteiger partial charge in [0.05, 0.1) is 6.61 Å². The van der Waals surface area contributed by atoms with Crippen molar-refractivity contribution in [3.8, 4) is 0 Å². The quantitative estimate of drug-likeness (QED) is 0.749. The van der Waals surface area contributed by atoms with Crippen LogP contribution in [0.4, 0.5) is 0 Å². The fourth-order valence-corrected chi connectivity index (χ4v) is 2.50. The van der Waals surface area contributed by atoms with E-state index in [4.69, 9.17) is 21.1 Å². The topological polar surface area (TPSA) is 35.5 Å². The Labute approximate surface area is 135 Å². The van der Waals surface area contributed by atoms with Crippen LogP contribution in [0.15, 0.2) is 54.6 Å². The van der Waals surface area contributed by atoms with Crippen LogP contribution >= 0.6 is 11.6 Å². The van der Waals surface area contributed by atoms with Crippen LogP contribution in [0, 0.1) is 0 Å². The van der Waals surface area contributed by atoms with Gasteiger partial charge in [0.25, 0.3) is 0 Å². The maximum Gasteiger partial charge on any atom is 0.347 e. The lowest BCUT2D eigenvalue weighted by Crippen LogP contribution is -2.40. The van der Waals surface area contributed by atoms with Crippen molar-refractivity contribution in [3.63, 3.8) is 0 Å². The molecule has 0 radical (unpaired) electrons. The summed E-state index contributed by atoms with van der Waals surface area (Å²) >= 11 is 5.96. The van der Waals surface area contributed by atoms with Crippen LogP contribution in [0.2, 0.25) is 5.02 Å². The van der Waals surface area contributed by atoms with Gasteiger partial charge in [-0.15, -0.1) is 0 Å². The maximum absolute atomic E-state index is 12.8. The Bertz CT molecular complexity index is 610. The normalized spacial score (nSPS) is 13.4. The number of esters is 1. The van der Waals surface area contributed by atoms with E-state index in [2.05, 4.69) is 0 Å². The molecule has 22 heavy (non-hydrogen) atoms. The number of ether oxygens (including phenoxy) is 2. The standard InChI is InChI=1S/C18H19ClO3/c1-3-13-22-17(20)18(21-2,14-7-5-4-6-8-14)15-9-11-16(19)12-10-15/h4-12H,3,13H2,1-2H3. The first-order chi connectivity index (χ1) is 10.6. The zero-order valence-electron chi connectivity index (χ0n) is 12.7. The van der Waals surface area contributed by atoms with Crippen molar-refractivity contribution in [1.82, 2.24) is 0 Å². The average molecular weight is 319 g/mol. The van der Waals surface area contributed by atoms with Gasteiger partial charge in [-0.2, -0.15) is 0 Å². The summed E-state index contributed by atoms with van der Waals surface area (Å²) in [5.74, 6) is -0.426. The third-order valence-corrected chi connectivity index (χ3v) is 3.71. The number of carbonyl (C=O) groups is 1. The van der Waals surface area contributed by atoms with Crippen molar-refractivity contribution in [2.75, 3.05) is 13.7 Å². The number of hydrogen-bond acceptors (Lipinski definition) is 3. The molecule has 0 spiro atoms. The first kappa shape index (κ1) is 16.5. The van der Waals surface area contributed by atoms with E-state index in [0.29, 0.717) is 17.2 Å². The van der Waals surface area contributed by atoms with Crippen LogP contribution in [0.5, 0.6) is 0 Å². The second-order valence-electron chi connectivity index (χ2n) is 4.89. The van der Waals surface area contributed by atoms with E-state index >= 15 is 0 Å². The molecule has 0 aliphatic rings. The Morgan fingerprint density at radius 2 is 1.64 bits per heavy atom. The largest absolute Gasteiger partial charge is 0.463 e. The van der Waals surface area contributed by atoms with Crippen LogP contribution in [-0.2, 0) is 19.9 Å². The first-order valence-corrected chi connectivity index (χ1v) is 7.57. The van der Waals surface area contributed by atoms with Gasteiger partial charge in [-0.25, -0.2) is 4.79 Å². The molecule has 1 unspecified atom stereocenters. The van der Waals surface area contributed by atoms with E-state index in [1.54, 1.807) is 24.3 Å². The summed E-state index contributed by atoms with van der Waals surface area (Å²) in [5.41, 5.74) is 0.119. The summed E-state index contributed by atoms with van der Waals surface area (Å²) in [4.78, 5) is 12.8. The average Bonchev–Trinajstić information content (AvgIpc) is 2.56. The van der Waals surface area contributed by atoms with E-state index in [9.17, 15) is 4.79 Å². The van der Waals surface area contributed by atoms with E-state index in [0.717, 1.165) is 12.0 Å². The molecule has 0 aliphatic carbocycles. The molecule has 0 heterocycles. The van der Waals surface area contributed by atoms with E-state index < -0.39 is 11.6 Å². The van der Waals surface area contributed by atoms with Crippen molar-refractivity contribution < 1.29 is 14.3 Å². The second-order valence-corrected chi connectivity index (χ2v) is 5.33. The zero-order chi connectivity index (χ0) is 16.0. The highest BCUT2D eigenvalue weighted by Gasteiger charge is 2.44. The molecule has 0 N–H and O–H groups in total. The number of carbonyl (C=O) groups excluding carboxylic acids is 1. The summed E-state index contributed by atoms with van der Waals surface area (Å²) < 4.78 is 11.1. The van der Waals surface area contributed by atoms with Gasteiger partial charge in [0.2, 0.25) is 5.60 Å². The van der Waals surface area contributed by atoms with Crippen LogP contribution in [-0.4, -0.2) is 19.7 Å². The van der Waals surface area contributed by atoms with Crippen molar-refractivity contribution in [3.05, 3.63) is 70.7 Å². The summed E-state index contributed by atoms with van der Waals surface area (Å²) in [5, 5.41) is 0.601. The first-order valence-electron chi connectivity index (χ1n) is 7.19. The third-order valence-electron chi connectivity index (χ3n) is 3.46. The van der Waals surface area contributed by atoms with Crippen molar-refractivity contribution in [2.24, 2.45) is 0 Å². The van der Waals surface area contributed by atoms with Gasteiger partial charge in [0.15, 0.2) is 0 Å². The molecular formula is C18H19ClO3. The molecule has 0 aromatic heterocycles. The van der Waals surface area contributed by atoms with Gasteiger partial charge in [-0.3, -0.25) is 0 Å². The summed E-state index contributed by atoms with van der Waals surface area (Å²) in [6.07, 6.45) is 0.751. The lowest BCUT2D eigenvalue weighted by Gasteiger charge is -2.31. The van der Waals surface area contributed by atoms with E-state index in [-0.39, 0.29) is 0 Å². The monoisotopic (exact) mass is 318 g/mol. The predicted octanol–water partition coefficient (Wildman–Crippen LogP) is 4.18. The van der Waals surface area contributed by atoms with Crippen LogP contribution < -0.4 is 0 Å². The smallest absolute Gasteiger partial charge is 0.347 e. The molecular weight excluding hydrogens is 300 g/mol. The van der Waals surface area contributed by atoms with Gasteiger partial charge in [-0.05, 0) is 29.7 Å². The molecule has 0 fully saturated rings. The second kappa shape index (κ2) is 7.43. The zero-order valence-corrected chi connectivity index (χ0v) is 13.5. The van der Waals surface area contributed by atoms with E-state index in [1.165, 1.54) is 7.11 Å². The fourth-order valence-electron chi connectivity index (χ4n) is 2.38. The molecule has 0 amide bonds. The third kappa shape index (κ3) is 3.16. The lowest BCUT2D eigenvalue weighted by atomic mass is 9.86. The summed E-state index contributed by atoms with van der Waals surface area (Å²) in [6.45, 7) is 2.30. The molecule has 2 aromatic rings. The highest BCUT2D eigenvalue weighted by Crippen LogP contribution is 2.35. The molecule has 116 valence electrons. The Balaban J connectivity index is 2.56. The Kier molecular flexibility index (Phi) is 5.58. The van der Waals surface area contributed by atoms with Crippen LogP contribution in [0.3, 0.4) is 0 Å². The maximum atomic E-state index is 12.8. The minimum Gasteiger partial charge on any atom is -0.463 e. The molecule has 2 rings (SSSR count). The number of benzene rings is 2. The van der Waals surface area contributed by atoms with Gasteiger partial charge in [0, 0.05) is 12.1 Å². The van der Waals surface area contributed by atoms with Crippen LogP contribution in [0.25, 0.3) is 0 Å². The highest BCUT2D eigenvalue weighted by atomic mass is 35.5. The van der Waals surface area contributed by atoms with Crippen molar-refractivity contribution in [1.29, 1.82) is 0 Å². The van der Waals surface area contributed by atoms with Gasteiger partial charge in [-0.1, -0.05) is 61.0 Å². The highest BCUT2D eigenvalue weighted by molar-refractivity contribution is 6.30. The lowest BCUT2D eigenvalue weighted by molar-refractivity contribution is -0.165.